The second kappa shape index (κ2) is 16.7. The molecule has 0 atom stereocenters. The number of benzene rings is 10. The van der Waals surface area contributed by atoms with Crippen molar-refractivity contribution in [3.05, 3.63) is 254 Å². The van der Waals surface area contributed by atoms with Crippen LogP contribution in [-0.4, -0.2) is 27.6 Å². The zero-order chi connectivity index (χ0) is 65.7. The molecule has 324 valence electrons. The van der Waals surface area contributed by atoms with E-state index in [4.69, 9.17) is 30.8 Å². The summed E-state index contributed by atoms with van der Waals surface area (Å²) in [5.74, 6) is -1.56. The van der Waals surface area contributed by atoms with Crippen molar-refractivity contribution in [2.45, 2.75) is 0 Å². The van der Waals surface area contributed by atoms with E-state index in [-0.39, 0.29) is 22.2 Å². The molecule has 0 unspecified atom stereocenters. The van der Waals surface area contributed by atoms with E-state index in [0.29, 0.717) is 0 Å². The van der Waals surface area contributed by atoms with Crippen LogP contribution in [0.15, 0.2) is 259 Å². The van der Waals surface area contributed by atoms with Gasteiger partial charge in [0.25, 0.3) is 0 Å². The van der Waals surface area contributed by atoms with Crippen molar-refractivity contribution in [2.24, 2.45) is 0 Å². The third-order valence-corrected chi connectivity index (χ3v) is 16.8. The van der Waals surface area contributed by atoms with Crippen LogP contribution in [-0.2, 0) is 0 Å². The lowest BCUT2D eigenvalue weighted by Gasteiger charge is -2.34. The minimum Gasteiger partial charge on any atom is -0.456 e. The van der Waals surface area contributed by atoms with Crippen molar-refractivity contribution >= 4 is 72.6 Å². The molecule has 0 aliphatic heterocycles. The van der Waals surface area contributed by atoms with Gasteiger partial charge in [-0.2, -0.15) is 0 Å². The number of hydrogen-bond donors (Lipinski definition) is 0. The topological polar surface area (TPSA) is 56.7 Å². The van der Waals surface area contributed by atoms with Gasteiger partial charge in [-0.05, 0) is 68.1 Å². The molecule has 5 nitrogen and oxygen atoms in total. The molecule has 13 rings (SSSR count). The molecule has 69 heavy (non-hydrogen) atoms. The van der Waals surface area contributed by atoms with Crippen molar-refractivity contribution in [3.63, 3.8) is 0 Å². The first kappa shape index (κ1) is 23.2. The average Bonchev–Trinajstić information content (AvgIpc) is 1.49. The number of para-hydroxylation sites is 3. The van der Waals surface area contributed by atoms with Gasteiger partial charge in [-0.15, -0.1) is 0 Å². The number of hydrogen-bond acceptors (Lipinski definition) is 4. The third-order valence-electron chi connectivity index (χ3n) is 12.0. The summed E-state index contributed by atoms with van der Waals surface area (Å²) in [4.78, 5) is 14.2. The maximum absolute atomic E-state index is 10.1. The van der Waals surface area contributed by atoms with Crippen LogP contribution < -0.4 is 20.7 Å². The van der Waals surface area contributed by atoms with E-state index in [1.54, 1.807) is 12.1 Å². The SMILES string of the molecule is [2H]c1c([2H])c(-c2nc(-c3ccc([Si](c4ccccc4)(c4ccccc4)c4ccccc4)cc3)nc(-c3c([2H])c([2H])c(-c4c([2H])c([2H])c([2H])c5oc6c([2H])c([2H])c([2H])c([2H])c6c45)c([2H])c3[2H])n2)c([2H])c(-n2c3c([2H])c([2H])c([2H])c([2H])c3c3c([2H])c([2H])c([2H])c([2H])c32)c1[2H]. The minimum atomic E-state index is -3.20. The van der Waals surface area contributed by atoms with Gasteiger partial charge in [0, 0.05) is 43.9 Å². The lowest BCUT2D eigenvalue weighted by Crippen LogP contribution is -2.74. The van der Waals surface area contributed by atoms with Gasteiger partial charge in [0.1, 0.15) is 11.2 Å². The Morgan fingerprint density at radius 2 is 0.855 bits per heavy atom. The number of furan rings is 1. The Morgan fingerprint density at radius 1 is 0.377 bits per heavy atom. The molecular weight excluding hydrogens is 857 g/mol. The number of rotatable bonds is 9. The lowest BCUT2D eigenvalue weighted by molar-refractivity contribution is 0.669. The van der Waals surface area contributed by atoms with Crippen LogP contribution in [0.2, 0.25) is 0 Å². The quantitative estimate of drug-likeness (QED) is 0.107. The second-order valence-corrected chi connectivity index (χ2v) is 19.6. The lowest BCUT2D eigenvalue weighted by atomic mass is 9.98. The first-order valence-corrected chi connectivity index (χ1v) is 23.5. The summed E-state index contributed by atoms with van der Waals surface area (Å²) in [6.45, 7) is 0. The van der Waals surface area contributed by atoms with Crippen molar-refractivity contribution in [1.82, 2.24) is 19.5 Å². The zero-order valence-corrected chi connectivity index (χ0v) is 36.7. The fourth-order valence-electron chi connectivity index (χ4n) is 8.96. The minimum absolute atomic E-state index is 0.217. The fraction of sp³-hybridized carbons (Fsp3) is 0. The molecule has 3 heterocycles. The van der Waals surface area contributed by atoms with Gasteiger partial charge < -0.3 is 8.98 Å². The normalized spacial score (nSPS) is 16.4. The highest BCUT2D eigenvalue weighted by atomic mass is 28.3. The third kappa shape index (κ3) is 6.80. The largest absolute Gasteiger partial charge is 0.456 e. The van der Waals surface area contributed by atoms with E-state index >= 15 is 0 Å². The number of nitrogens with zero attached hydrogens (tertiary/aromatic N) is 4. The summed E-state index contributed by atoms with van der Waals surface area (Å²) in [5.41, 5.74) is -4.93. The number of aromatic nitrogens is 4. The van der Waals surface area contributed by atoms with Crippen LogP contribution in [0.1, 0.15) is 31.5 Å². The molecule has 0 bridgehead atoms. The van der Waals surface area contributed by atoms with Gasteiger partial charge in [-0.25, -0.2) is 15.0 Å². The van der Waals surface area contributed by atoms with E-state index in [9.17, 15) is 15.1 Å². The highest BCUT2D eigenvalue weighted by Crippen LogP contribution is 2.38. The first-order valence-electron chi connectivity index (χ1n) is 33.0. The molecule has 0 radical (unpaired) electrons. The van der Waals surface area contributed by atoms with Crippen LogP contribution >= 0.6 is 0 Å². The maximum Gasteiger partial charge on any atom is 0.179 e. The van der Waals surface area contributed by atoms with Gasteiger partial charge in [0.2, 0.25) is 0 Å². The van der Waals surface area contributed by atoms with E-state index < -0.39 is 220 Å². The molecule has 0 amide bonds. The van der Waals surface area contributed by atoms with Crippen molar-refractivity contribution in [2.75, 3.05) is 0 Å². The molecule has 0 spiro atoms. The zero-order valence-electron chi connectivity index (χ0n) is 58.7. The molecule has 0 fully saturated rings. The summed E-state index contributed by atoms with van der Waals surface area (Å²) in [6, 6.07) is 18.7. The van der Waals surface area contributed by atoms with E-state index in [1.807, 2.05) is 66.7 Å². The van der Waals surface area contributed by atoms with Crippen LogP contribution in [0, 0.1) is 0 Å². The standard InChI is InChI=1S/C63H42N4OSi/c1-4-20-48(21-5-1)69(49-22-6-2-7-23-49,50-24-8-3-9-25-50)51-40-38-45(39-41-51)62-64-61(44-36-34-43(35-37-44)52-29-17-33-59-60(52)55-28-12-15-32-58(55)68-59)65-63(66-62)46-18-16-19-47(42-46)67-56-30-13-10-26-53(56)54-27-11-14-31-57(54)67/h1-42H/i10D,11D,12D,13D,14D,15D,16D,17D,18D,19D,26D,27D,28D,29D,30D,31D,32D,33D,34D,35D,36D,37D,42D. The summed E-state index contributed by atoms with van der Waals surface area (Å²) < 4.78 is 216. The molecule has 0 N–H and O–H groups in total. The van der Waals surface area contributed by atoms with Gasteiger partial charge >= 0.3 is 0 Å². The highest BCUT2D eigenvalue weighted by molar-refractivity contribution is 7.19. The molecule has 0 aliphatic carbocycles. The second-order valence-electron chi connectivity index (χ2n) is 15.7. The van der Waals surface area contributed by atoms with Crippen molar-refractivity contribution < 1.29 is 35.9 Å². The molecule has 13 aromatic rings. The van der Waals surface area contributed by atoms with Crippen LogP contribution in [0.5, 0.6) is 0 Å². The van der Waals surface area contributed by atoms with E-state index in [1.165, 1.54) is 0 Å². The molecule has 6 heteroatoms. The predicted octanol–water partition coefficient (Wildman–Crippen LogP) is 12.9. The van der Waals surface area contributed by atoms with E-state index in [0.717, 1.165) is 25.3 Å². The number of fused-ring (bicyclic) bond motifs is 6. The Bertz CT molecular complexity index is 5180. The monoisotopic (exact) mass is 921 g/mol. The average molecular weight is 922 g/mol. The molecular formula is C63H42N4OSi. The molecule has 0 saturated heterocycles. The highest BCUT2D eigenvalue weighted by Gasteiger charge is 2.41. The molecule has 0 aliphatic rings. The summed E-state index contributed by atoms with van der Waals surface area (Å²) >= 11 is 0. The Morgan fingerprint density at radius 3 is 1.46 bits per heavy atom. The molecule has 3 aromatic heterocycles. The van der Waals surface area contributed by atoms with Crippen LogP contribution in [0.25, 0.3) is 94.7 Å². The summed E-state index contributed by atoms with van der Waals surface area (Å²) in [5, 5.41) is 2.43. The van der Waals surface area contributed by atoms with Crippen LogP contribution in [0.3, 0.4) is 0 Å². The van der Waals surface area contributed by atoms with Gasteiger partial charge in [-0.1, -0.05) is 218 Å². The maximum atomic E-state index is 10.1. The summed E-state index contributed by atoms with van der Waals surface area (Å²) in [6.07, 6.45) is 0. The van der Waals surface area contributed by atoms with Gasteiger partial charge in [0.05, 0.1) is 42.6 Å². The van der Waals surface area contributed by atoms with Gasteiger partial charge in [0.15, 0.2) is 25.5 Å². The van der Waals surface area contributed by atoms with Gasteiger partial charge in [-0.3, -0.25) is 0 Å². The van der Waals surface area contributed by atoms with Crippen molar-refractivity contribution in [1.29, 1.82) is 0 Å². The van der Waals surface area contributed by atoms with Crippen LogP contribution in [0.4, 0.5) is 0 Å². The predicted molar refractivity (Wildman–Crippen MR) is 287 cm³/mol. The summed E-state index contributed by atoms with van der Waals surface area (Å²) in [7, 11) is -3.20. The van der Waals surface area contributed by atoms with Crippen molar-refractivity contribution in [3.8, 4) is 51.0 Å². The molecule has 0 saturated carbocycles. The Hall–Kier alpha value is -8.97. The Balaban J connectivity index is 1.12. The fourth-order valence-corrected chi connectivity index (χ4v) is 13.7. The van der Waals surface area contributed by atoms with E-state index in [2.05, 4.69) is 41.4 Å². The molecule has 10 aromatic carbocycles. The Kier molecular flexibility index (Phi) is 5.61. The first-order chi connectivity index (χ1) is 43.8. The smallest absolute Gasteiger partial charge is 0.179 e. The Labute approximate surface area is 432 Å².